The third-order valence-corrected chi connectivity index (χ3v) is 4.31. The number of methoxy groups -OCH3 is 1. The van der Waals surface area contributed by atoms with Gasteiger partial charge in [-0.05, 0) is 44.0 Å². The first-order chi connectivity index (χ1) is 9.72. The van der Waals surface area contributed by atoms with Crippen LogP contribution < -0.4 is 10.1 Å². The summed E-state index contributed by atoms with van der Waals surface area (Å²) in [6.07, 6.45) is 4.00. The third-order valence-electron chi connectivity index (χ3n) is 3.19. The van der Waals surface area contributed by atoms with Crippen molar-refractivity contribution in [2.24, 2.45) is 0 Å². The van der Waals surface area contributed by atoms with Crippen molar-refractivity contribution < 1.29 is 4.74 Å². The molecule has 0 aromatic carbocycles. The highest BCUT2D eigenvalue weighted by Crippen LogP contribution is 2.26. The number of ether oxygens (including phenoxy) is 1. The van der Waals surface area contributed by atoms with Crippen molar-refractivity contribution in [3.63, 3.8) is 0 Å². The van der Waals surface area contributed by atoms with Gasteiger partial charge >= 0.3 is 0 Å². The molecule has 1 atom stereocenters. The molecule has 0 amide bonds. The molecule has 3 nitrogen and oxygen atoms in total. The van der Waals surface area contributed by atoms with Crippen molar-refractivity contribution in [1.82, 2.24) is 10.3 Å². The van der Waals surface area contributed by atoms with Crippen molar-refractivity contribution in [3.05, 3.63) is 45.8 Å². The minimum absolute atomic E-state index is 0.365. The lowest BCUT2D eigenvalue weighted by Gasteiger charge is -2.17. The molecule has 2 aromatic heterocycles. The summed E-state index contributed by atoms with van der Waals surface area (Å²) in [5.74, 6) is 0.666. The maximum atomic E-state index is 5.10. The molecule has 1 unspecified atom stereocenters. The van der Waals surface area contributed by atoms with Crippen molar-refractivity contribution in [2.75, 3.05) is 13.7 Å². The van der Waals surface area contributed by atoms with Gasteiger partial charge in [0.2, 0.25) is 5.88 Å². The zero-order valence-electron chi connectivity index (χ0n) is 12.3. The minimum Gasteiger partial charge on any atom is -0.481 e. The summed E-state index contributed by atoms with van der Waals surface area (Å²) >= 11 is 1.87. The lowest BCUT2D eigenvalue weighted by Crippen LogP contribution is -2.23. The van der Waals surface area contributed by atoms with Gasteiger partial charge in [-0.2, -0.15) is 0 Å². The molecule has 0 radical (unpaired) electrons. The van der Waals surface area contributed by atoms with Gasteiger partial charge < -0.3 is 10.1 Å². The van der Waals surface area contributed by atoms with Gasteiger partial charge in [-0.3, -0.25) is 0 Å². The fourth-order valence-electron chi connectivity index (χ4n) is 2.12. The summed E-state index contributed by atoms with van der Waals surface area (Å²) in [4.78, 5) is 7.04. The number of hydrogen-bond donors (Lipinski definition) is 1. The summed E-state index contributed by atoms with van der Waals surface area (Å²) in [6, 6.07) is 8.79. The van der Waals surface area contributed by atoms with E-state index in [9.17, 15) is 0 Å². The van der Waals surface area contributed by atoms with E-state index in [0.717, 1.165) is 19.4 Å². The van der Waals surface area contributed by atoms with Crippen molar-refractivity contribution in [1.29, 1.82) is 0 Å². The molecule has 0 aliphatic rings. The quantitative estimate of drug-likeness (QED) is 0.843. The van der Waals surface area contributed by atoms with Crippen molar-refractivity contribution in [3.8, 4) is 5.88 Å². The molecule has 1 N–H and O–H groups in total. The van der Waals surface area contributed by atoms with Crippen LogP contribution in [-0.4, -0.2) is 18.6 Å². The minimum atomic E-state index is 0.365. The normalized spacial score (nSPS) is 12.3. The van der Waals surface area contributed by atoms with Crippen LogP contribution in [0.3, 0.4) is 0 Å². The second kappa shape index (κ2) is 7.41. The van der Waals surface area contributed by atoms with Gasteiger partial charge in [0, 0.05) is 28.1 Å². The van der Waals surface area contributed by atoms with E-state index in [0.29, 0.717) is 11.9 Å². The van der Waals surface area contributed by atoms with E-state index >= 15 is 0 Å². The molecule has 0 bridgehead atoms. The molecule has 0 aliphatic heterocycles. The maximum absolute atomic E-state index is 5.10. The van der Waals surface area contributed by atoms with E-state index in [-0.39, 0.29) is 0 Å². The highest BCUT2D eigenvalue weighted by Gasteiger charge is 2.13. The highest BCUT2D eigenvalue weighted by molar-refractivity contribution is 7.12. The topological polar surface area (TPSA) is 34.1 Å². The molecule has 2 aromatic rings. The average Bonchev–Trinajstić information content (AvgIpc) is 2.90. The van der Waals surface area contributed by atoms with E-state index in [2.05, 4.69) is 42.3 Å². The van der Waals surface area contributed by atoms with E-state index in [1.165, 1.54) is 15.3 Å². The lowest BCUT2D eigenvalue weighted by atomic mass is 10.1. The number of rotatable bonds is 7. The summed E-state index contributed by atoms with van der Waals surface area (Å²) in [7, 11) is 1.64. The molecule has 4 heteroatoms. The van der Waals surface area contributed by atoms with Crippen LogP contribution in [0.1, 0.15) is 34.7 Å². The van der Waals surface area contributed by atoms with Gasteiger partial charge in [0.25, 0.3) is 0 Å². The Kier molecular flexibility index (Phi) is 5.56. The Labute approximate surface area is 125 Å². The Morgan fingerprint density at radius 1 is 1.30 bits per heavy atom. The number of nitrogens with one attached hydrogen (secondary N) is 1. The van der Waals surface area contributed by atoms with Crippen LogP contribution in [0.4, 0.5) is 0 Å². The molecule has 0 aliphatic carbocycles. The first-order valence-electron chi connectivity index (χ1n) is 7.01. The second-order valence-corrected chi connectivity index (χ2v) is 6.19. The Morgan fingerprint density at radius 2 is 2.15 bits per heavy atom. The van der Waals surface area contributed by atoms with E-state index in [1.54, 1.807) is 7.11 Å². The molecule has 20 heavy (non-hydrogen) atoms. The molecule has 108 valence electrons. The number of aryl methyl sites for hydroxylation is 1. The third kappa shape index (κ3) is 4.05. The zero-order valence-corrected chi connectivity index (χ0v) is 13.2. The predicted octanol–water partition coefficient (Wildman–Crippen LogP) is 3.74. The number of aromatic nitrogens is 1. The Balaban J connectivity index is 2.10. The monoisotopic (exact) mass is 290 g/mol. The van der Waals surface area contributed by atoms with Crippen LogP contribution in [-0.2, 0) is 6.42 Å². The second-order valence-electron chi connectivity index (χ2n) is 4.87. The Morgan fingerprint density at radius 3 is 2.70 bits per heavy atom. The standard InChI is InChI=1S/C16H22N2OS/c1-4-9-17-14(15-7-5-12(2)20-15)10-13-6-8-16(19-3)18-11-13/h5-8,11,14,17H,4,9-10H2,1-3H3. The first-order valence-corrected chi connectivity index (χ1v) is 7.83. The number of hydrogen-bond acceptors (Lipinski definition) is 4. The summed E-state index contributed by atoms with van der Waals surface area (Å²) in [5.41, 5.74) is 1.23. The molecule has 0 fully saturated rings. The fourth-order valence-corrected chi connectivity index (χ4v) is 3.07. The Bertz CT molecular complexity index is 522. The summed E-state index contributed by atoms with van der Waals surface area (Å²) < 4.78 is 5.10. The zero-order chi connectivity index (χ0) is 14.4. The predicted molar refractivity (Wildman–Crippen MR) is 84.6 cm³/mol. The SMILES string of the molecule is CCCNC(Cc1ccc(OC)nc1)c1ccc(C)s1. The maximum Gasteiger partial charge on any atom is 0.212 e. The van der Waals surface area contributed by atoms with Gasteiger partial charge in [-0.1, -0.05) is 13.0 Å². The van der Waals surface area contributed by atoms with Gasteiger partial charge in [0.05, 0.1) is 7.11 Å². The van der Waals surface area contributed by atoms with Crippen LogP contribution in [0.5, 0.6) is 5.88 Å². The smallest absolute Gasteiger partial charge is 0.212 e. The first kappa shape index (κ1) is 15.0. The molecule has 0 saturated carbocycles. The van der Waals surface area contributed by atoms with Crippen LogP contribution >= 0.6 is 11.3 Å². The van der Waals surface area contributed by atoms with Crippen LogP contribution in [0.2, 0.25) is 0 Å². The summed E-state index contributed by atoms with van der Waals surface area (Å²) in [6.45, 7) is 5.38. The van der Waals surface area contributed by atoms with Crippen molar-refractivity contribution in [2.45, 2.75) is 32.7 Å². The largest absolute Gasteiger partial charge is 0.481 e. The fraction of sp³-hybridized carbons (Fsp3) is 0.438. The lowest BCUT2D eigenvalue weighted by molar-refractivity contribution is 0.397. The van der Waals surface area contributed by atoms with E-state index in [1.807, 2.05) is 23.6 Å². The molecular formula is C16H22N2OS. The molecule has 2 rings (SSSR count). The Hall–Kier alpha value is -1.39. The van der Waals surface area contributed by atoms with Gasteiger partial charge in [0.15, 0.2) is 0 Å². The molecular weight excluding hydrogens is 268 g/mol. The van der Waals surface area contributed by atoms with Gasteiger partial charge in [0.1, 0.15) is 0 Å². The molecule has 0 spiro atoms. The number of nitrogens with zero attached hydrogens (tertiary/aromatic N) is 1. The van der Waals surface area contributed by atoms with Crippen molar-refractivity contribution >= 4 is 11.3 Å². The van der Waals surface area contributed by atoms with E-state index < -0.39 is 0 Å². The number of thiophene rings is 1. The van der Waals surface area contributed by atoms with Crippen LogP contribution in [0.15, 0.2) is 30.5 Å². The summed E-state index contributed by atoms with van der Waals surface area (Å²) in [5, 5.41) is 3.63. The average molecular weight is 290 g/mol. The number of pyridine rings is 1. The van der Waals surface area contributed by atoms with E-state index in [4.69, 9.17) is 4.74 Å². The van der Waals surface area contributed by atoms with Crippen LogP contribution in [0.25, 0.3) is 0 Å². The highest BCUT2D eigenvalue weighted by atomic mass is 32.1. The van der Waals surface area contributed by atoms with Crippen LogP contribution in [0, 0.1) is 6.92 Å². The van der Waals surface area contributed by atoms with Gasteiger partial charge in [-0.25, -0.2) is 4.98 Å². The molecule has 2 heterocycles. The van der Waals surface area contributed by atoms with Gasteiger partial charge in [-0.15, -0.1) is 11.3 Å². The molecule has 0 saturated heterocycles.